The van der Waals surface area contributed by atoms with E-state index >= 15 is 0 Å². The Kier molecular flexibility index (Phi) is 3.60. The maximum Gasteiger partial charge on any atom is 0.0958 e. The predicted octanol–water partition coefficient (Wildman–Crippen LogP) is 3.27. The third-order valence-electron chi connectivity index (χ3n) is 2.81. The molecule has 0 radical (unpaired) electrons. The molecule has 0 aliphatic heterocycles. The minimum atomic E-state index is 0.166. The second-order valence-corrected chi connectivity index (χ2v) is 5.59. The number of rotatable bonds is 3. The van der Waals surface area contributed by atoms with Gasteiger partial charge >= 0.3 is 0 Å². The molecule has 0 bridgehead atoms. The summed E-state index contributed by atoms with van der Waals surface area (Å²) in [5, 5.41) is 9.97. The lowest BCUT2D eigenvalue weighted by Crippen LogP contribution is -1.90. The first-order valence-corrected chi connectivity index (χ1v) is 6.58. The zero-order chi connectivity index (χ0) is 12.4. The first-order valence-electron chi connectivity index (χ1n) is 5.76. The summed E-state index contributed by atoms with van der Waals surface area (Å²) >= 11 is 1.68. The van der Waals surface area contributed by atoms with E-state index in [0.717, 1.165) is 10.7 Å². The van der Waals surface area contributed by atoms with E-state index in [0.29, 0.717) is 6.42 Å². The van der Waals surface area contributed by atoms with Crippen molar-refractivity contribution < 1.29 is 5.11 Å². The van der Waals surface area contributed by atoms with Crippen molar-refractivity contribution >= 4 is 11.3 Å². The monoisotopic (exact) mass is 247 g/mol. The highest BCUT2D eigenvalue weighted by Crippen LogP contribution is 2.30. The van der Waals surface area contributed by atoms with Gasteiger partial charge in [-0.05, 0) is 32.4 Å². The molecule has 0 fully saturated rings. The molecule has 90 valence electrons. The van der Waals surface area contributed by atoms with Gasteiger partial charge in [0.15, 0.2) is 0 Å². The van der Waals surface area contributed by atoms with Crippen molar-refractivity contribution in [3.8, 4) is 11.3 Å². The van der Waals surface area contributed by atoms with E-state index in [9.17, 15) is 0 Å². The Labute approximate surface area is 106 Å². The molecular formula is C14H17NOS. The Bertz CT molecular complexity index is 531. The van der Waals surface area contributed by atoms with Gasteiger partial charge in [0, 0.05) is 23.5 Å². The van der Waals surface area contributed by atoms with Gasteiger partial charge in [0.2, 0.25) is 0 Å². The lowest BCUT2D eigenvalue weighted by atomic mass is 10.0. The fourth-order valence-electron chi connectivity index (χ4n) is 1.89. The molecule has 2 aromatic rings. The molecule has 0 saturated heterocycles. The van der Waals surface area contributed by atoms with Crippen LogP contribution in [0.3, 0.4) is 0 Å². The van der Waals surface area contributed by atoms with Crippen LogP contribution in [-0.4, -0.2) is 16.7 Å². The van der Waals surface area contributed by atoms with E-state index in [2.05, 4.69) is 44.0 Å². The van der Waals surface area contributed by atoms with Crippen LogP contribution in [0, 0.1) is 20.8 Å². The lowest BCUT2D eigenvalue weighted by Gasteiger charge is -2.05. The van der Waals surface area contributed by atoms with Crippen molar-refractivity contribution in [1.29, 1.82) is 0 Å². The highest BCUT2D eigenvalue weighted by molar-refractivity contribution is 7.12. The fraction of sp³-hybridized carbons (Fsp3) is 0.357. The second kappa shape index (κ2) is 4.98. The fourth-order valence-corrected chi connectivity index (χ4v) is 2.83. The molecule has 3 heteroatoms. The number of thiazole rings is 1. The Morgan fingerprint density at radius 3 is 2.71 bits per heavy atom. The van der Waals surface area contributed by atoms with Crippen LogP contribution < -0.4 is 0 Å². The third-order valence-corrected chi connectivity index (χ3v) is 3.85. The molecule has 0 aliphatic rings. The SMILES string of the molecule is Cc1ccc(C)c(-c2nc(CCO)sc2C)c1. The zero-order valence-electron chi connectivity index (χ0n) is 10.4. The van der Waals surface area contributed by atoms with Crippen LogP contribution in [0.25, 0.3) is 11.3 Å². The molecule has 1 heterocycles. The number of aliphatic hydroxyl groups excluding tert-OH is 1. The smallest absolute Gasteiger partial charge is 0.0958 e. The van der Waals surface area contributed by atoms with Crippen molar-refractivity contribution in [1.82, 2.24) is 4.98 Å². The van der Waals surface area contributed by atoms with Crippen LogP contribution in [0.4, 0.5) is 0 Å². The molecular weight excluding hydrogens is 230 g/mol. The summed E-state index contributed by atoms with van der Waals surface area (Å²) in [7, 11) is 0. The molecule has 0 unspecified atom stereocenters. The van der Waals surface area contributed by atoms with Gasteiger partial charge < -0.3 is 5.11 Å². The Morgan fingerprint density at radius 1 is 1.24 bits per heavy atom. The average molecular weight is 247 g/mol. The maximum atomic E-state index is 8.96. The molecule has 0 saturated carbocycles. The van der Waals surface area contributed by atoms with Gasteiger partial charge in [-0.3, -0.25) is 0 Å². The number of aromatic nitrogens is 1. The zero-order valence-corrected chi connectivity index (χ0v) is 11.3. The lowest BCUT2D eigenvalue weighted by molar-refractivity contribution is 0.299. The van der Waals surface area contributed by atoms with E-state index < -0.39 is 0 Å². The summed E-state index contributed by atoms with van der Waals surface area (Å²) in [6, 6.07) is 6.43. The predicted molar refractivity (Wildman–Crippen MR) is 72.6 cm³/mol. The molecule has 0 atom stereocenters. The molecule has 2 nitrogen and oxygen atoms in total. The Hall–Kier alpha value is -1.19. The van der Waals surface area contributed by atoms with Gasteiger partial charge in [0.25, 0.3) is 0 Å². The quantitative estimate of drug-likeness (QED) is 0.903. The van der Waals surface area contributed by atoms with E-state index in [1.807, 2.05) is 0 Å². The first-order chi connectivity index (χ1) is 8.11. The van der Waals surface area contributed by atoms with Gasteiger partial charge in [0.05, 0.1) is 10.7 Å². The average Bonchev–Trinajstić information content (AvgIpc) is 2.64. The summed E-state index contributed by atoms with van der Waals surface area (Å²) in [6.45, 7) is 6.47. The van der Waals surface area contributed by atoms with E-state index in [-0.39, 0.29) is 6.61 Å². The van der Waals surface area contributed by atoms with Crippen LogP contribution in [0.5, 0.6) is 0 Å². The largest absolute Gasteiger partial charge is 0.396 e. The summed E-state index contributed by atoms with van der Waals surface area (Å²) in [6.07, 6.45) is 0.649. The summed E-state index contributed by atoms with van der Waals surface area (Å²) in [4.78, 5) is 5.85. The molecule has 0 aliphatic carbocycles. The topological polar surface area (TPSA) is 33.1 Å². The normalized spacial score (nSPS) is 10.8. The highest BCUT2D eigenvalue weighted by atomic mass is 32.1. The number of aryl methyl sites for hydroxylation is 3. The van der Waals surface area contributed by atoms with Crippen LogP contribution in [0.15, 0.2) is 18.2 Å². The van der Waals surface area contributed by atoms with Crippen molar-refractivity contribution in [2.45, 2.75) is 27.2 Å². The summed E-state index contributed by atoms with van der Waals surface area (Å²) in [5.74, 6) is 0. The Balaban J connectivity index is 2.48. The van der Waals surface area contributed by atoms with Gasteiger partial charge in [-0.25, -0.2) is 4.98 Å². The minimum absolute atomic E-state index is 0.166. The number of hydrogen-bond donors (Lipinski definition) is 1. The minimum Gasteiger partial charge on any atom is -0.396 e. The van der Waals surface area contributed by atoms with E-state index in [4.69, 9.17) is 5.11 Å². The van der Waals surface area contributed by atoms with Crippen LogP contribution in [0.2, 0.25) is 0 Å². The Morgan fingerprint density at radius 2 is 2.00 bits per heavy atom. The summed E-state index contributed by atoms with van der Waals surface area (Å²) < 4.78 is 0. The number of hydrogen-bond acceptors (Lipinski definition) is 3. The van der Waals surface area contributed by atoms with Crippen molar-refractivity contribution in [3.05, 3.63) is 39.2 Å². The standard InChI is InChI=1S/C14H17NOS/c1-9-4-5-10(2)12(8-9)14-11(3)17-13(15-14)6-7-16/h4-5,8,16H,6-7H2,1-3H3. The van der Waals surface area contributed by atoms with Gasteiger partial charge in [0.1, 0.15) is 0 Å². The van der Waals surface area contributed by atoms with Crippen LogP contribution in [0.1, 0.15) is 21.0 Å². The maximum absolute atomic E-state index is 8.96. The van der Waals surface area contributed by atoms with Gasteiger partial charge in [-0.15, -0.1) is 11.3 Å². The third kappa shape index (κ3) is 2.56. The van der Waals surface area contributed by atoms with Gasteiger partial charge in [-0.2, -0.15) is 0 Å². The highest BCUT2D eigenvalue weighted by Gasteiger charge is 2.11. The van der Waals surface area contributed by atoms with E-state index in [1.165, 1.54) is 21.6 Å². The molecule has 1 aromatic carbocycles. The van der Waals surface area contributed by atoms with Crippen LogP contribution in [-0.2, 0) is 6.42 Å². The first kappa shape index (κ1) is 12.3. The molecule has 2 rings (SSSR count). The molecule has 0 spiro atoms. The second-order valence-electron chi connectivity index (χ2n) is 4.30. The molecule has 17 heavy (non-hydrogen) atoms. The molecule has 1 aromatic heterocycles. The molecule has 0 amide bonds. The number of nitrogens with zero attached hydrogens (tertiary/aromatic N) is 1. The van der Waals surface area contributed by atoms with Crippen molar-refractivity contribution in [2.75, 3.05) is 6.61 Å². The summed E-state index contributed by atoms with van der Waals surface area (Å²) in [5.41, 5.74) is 4.78. The number of benzene rings is 1. The number of aliphatic hydroxyl groups is 1. The van der Waals surface area contributed by atoms with Gasteiger partial charge in [-0.1, -0.05) is 17.7 Å². The van der Waals surface area contributed by atoms with Crippen molar-refractivity contribution in [2.24, 2.45) is 0 Å². The molecule has 1 N–H and O–H groups in total. The van der Waals surface area contributed by atoms with E-state index in [1.54, 1.807) is 11.3 Å². The van der Waals surface area contributed by atoms with Crippen molar-refractivity contribution in [3.63, 3.8) is 0 Å². The van der Waals surface area contributed by atoms with Crippen LogP contribution >= 0.6 is 11.3 Å².